The number of nitrogens with zero attached hydrogens (tertiary/aromatic N) is 2. The Morgan fingerprint density at radius 1 is 1.58 bits per heavy atom. The third kappa shape index (κ3) is 1.40. The van der Waals surface area contributed by atoms with Gasteiger partial charge in [0.15, 0.2) is 10.6 Å². The molecule has 0 fully saturated rings. The van der Waals surface area contributed by atoms with Crippen molar-refractivity contribution in [2.75, 3.05) is 7.11 Å². The van der Waals surface area contributed by atoms with Gasteiger partial charge in [-0.3, -0.25) is 0 Å². The maximum absolute atomic E-state index is 10.8. The number of esters is 1. The average molecular weight is 188 g/mol. The van der Waals surface area contributed by atoms with Crippen LogP contribution >= 0.6 is 11.5 Å². The summed E-state index contributed by atoms with van der Waals surface area (Å²) in [6.07, 6.45) is 0. The quantitative estimate of drug-likeness (QED) is 0.658. The normalized spacial score (nSPS) is 9.42. The van der Waals surface area contributed by atoms with Crippen LogP contribution in [-0.2, 0) is 4.74 Å². The number of rotatable bonds is 2. The highest BCUT2D eigenvalue weighted by molar-refractivity contribution is 7.08. The maximum Gasteiger partial charge on any atom is 0.358 e. The molecule has 0 aromatic carbocycles. The van der Waals surface area contributed by atoms with Crippen LogP contribution in [0.5, 0.6) is 0 Å². The van der Waals surface area contributed by atoms with Crippen LogP contribution in [0.3, 0.4) is 0 Å². The van der Waals surface area contributed by atoms with Crippen LogP contribution < -0.4 is 0 Å². The molecule has 0 saturated carbocycles. The molecule has 0 spiro atoms. The van der Waals surface area contributed by atoms with Crippen molar-refractivity contribution < 1.29 is 19.4 Å². The molecule has 0 aliphatic rings. The van der Waals surface area contributed by atoms with E-state index in [1.807, 2.05) is 0 Å². The largest absolute Gasteiger partial charge is 0.476 e. The summed E-state index contributed by atoms with van der Waals surface area (Å²) in [4.78, 5) is 21.2. The maximum atomic E-state index is 10.8. The second kappa shape index (κ2) is 3.26. The van der Waals surface area contributed by atoms with Crippen molar-refractivity contribution in [2.24, 2.45) is 0 Å². The number of carboxylic acid groups (broad SMARTS) is 1. The molecular formula is C5H4N2O4S. The Labute approximate surface area is 70.9 Å². The summed E-state index contributed by atoms with van der Waals surface area (Å²) in [6, 6.07) is 0. The zero-order valence-corrected chi connectivity index (χ0v) is 6.79. The Morgan fingerprint density at radius 3 is 2.75 bits per heavy atom. The predicted octanol–water partition coefficient (Wildman–Crippen LogP) is 0.0229. The van der Waals surface area contributed by atoms with Crippen molar-refractivity contribution in [1.82, 2.24) is 9.59 Å². The molecule has 0 amide bonds. The molecule has 1 rings (SSSR count). The highest BCUT2D eigenvalue weighted by Gasteiger charge is 2.21. The van der Waals surface area contributed by atoms with Crippen molar-refractivity contribution in [3.8, 4) is 0 Å². The zero-order chi connectivity index (χ0) is 9.14. The first-order valence-corrected chi connectivity index (χ1v) is 3.58. The van der Waals surface area contributed by atoms with Crippen LogP contribution in [0.2, 0.25) is 0 Å². The van der Waals surface area contributed by atoms with Crippen LogP contribution in [0.25, 0.3) is 0 Å². The molecule has 0 bridgehead atoms. The number of carboxylic acids is 1. The molecule has 1 aromatic heterocycles. The molecule has 0 unspecified atom stereocenters. The lowest BCUT2D eigenvalue weighted by Gasteiger charge is -1.92. The van der Waals surface area contributed by atoms with E-state index in [2.05, 4.69) is 14.3 Å². The van der Waals surface area contributed by atoms with Gasteiger partial charge in [0.1, 0.15) is 0 Å². The molecule has 1 aromatic rings. The van der Waals surface area contributed by atoms with E-state index in [0.29, 0.717) is 11.5 Å². The topological polar surface area (TPSA) is 89.4 Å². The lowest BCUT2D eigenvalue weighted by molar-refractivity contribution is 0.0586. The van der Waals surface area contributed by atoms with E-state index >= 15 is 0 Å². The third-order valence-corrected chi connectivity index (χ3v) is 1.77. The van der Waals surface area contributed by atoms with E-state index in [1.54, 1.807) is 0 Å². The molecule has 7 heteroatoms. The fraction of sp³-hybridized carbons (Fsp3) is 0.200. The highest BCUT2D eigenvalue weighted by Crippen LogP contribution is 2.11. The molecule has 6 nitrogen and oxygen atoms in total. The minimum Gasteiger partial charge on any atom is -0.476 e. The van der Waals surface area contributed by atoms with Gasteiger partial charge in [0, 0.05) is 0 Å². The second-order valence-electron chi connectivity index (χ2n) is 1.75. The van der Waals surface area contributed by atoms with Gasteiger partial charge in [-0.05, 0) is 11.5 Å². The molecule has 1 N–H and O–H groups in total. The molecule has 64 valence electrons. The number of carbonyl (C=O) groups is 2. The smallest absolute Gasteiger partial charge is 0.358 e. The Kier molecular flexibility index (Phi) is 2.34. The summed E-state index contributed by atoms with van der Waals surface area (Å²) in [5.74, 6) is -2.02. The predicted molar refractivity (Wildman–Crippen MR) is 38.2 cm³/mol. The first-order chi connectivity index (χ1) is 5.66. The summed E-state index contributed by atoms with van der Waals surface area (Å²) in [7, 11) is 1.16. The van der Waals surface area contributed by atoms with Gasteiger partial charge in [-0.25, -0.2) is 9.59 Å². The zero-order valence-electron chi connectivity index (χ0n) is 5.97. The van der Waals surface area contributed by atoms with Gasteiger partial charge in [-0.15, -0.1) is 5.10 Å². The van der Waals surface area contributed by atoms with E-state index in [1.165, 1.54) is 0 Å². The van der Waals surface area contributed by atoms with Crippen LogP contribution in [0.1, 0.15) is 20.2 Å². The molecule has 0 saturated heterocycles. The fourth-order valence-electron chi connectivity index (χ4n) is 0.557. The number of aromatic carboxylic acids is 1. The Morgan fingerprint density at radius 2 is 2.25 bits per heavy atom. The molecule has 12 heavy (non-hydrogen) atoms. The molecule has 0 atom stereocenters. The van der Waals surface area contributed by atoms with Crippen molar-refractivity contribution in [1.29, 1.82) is 0 Å². The molecule has 0 aliphatic heterocycles. The number of methoxy groups -OCH3 is 1. The van der Waals surface area contributed by atoms with Crippen molar-refractivity contribution in [3.63, 3.8) is 0 Å². The Hall–Kier alpha value is -1.50. The summed E-state index contributed by atoms with van der Waals surface area (Å²) >= 11 is 0.694. The summed E-state index contributed by atoms with van der Waals surface area (Å²) in [6.45, 7) is 0. The van der Waals surface area contributed by atoms with E-state index in [-0.39, 0.29) is 10.6 Å². The number of aromatic nitrogens is 2. The van der Waals surface area contributed by atoms with Gasteiger partial charge in [-0.2, -0.15) is 0 Å². The van der Waals surface area contributed by atoms with Gasteiger partial charge < -0.3 is 9.84 Å². The van der Waals surface area contributed by atoms with Crippen LogP contribution in [0.4, 0.5) is 0 Å². The van der Waals surface area contributed by atoms with E-state index < -0.39 is 11.9 Å². The summed E-state index contributed by atoms with van der Waals surface area (Å²) in [5, 5.41) is 11.7. The van der Waals surface area contributed by atoms with Crippen LogP contribution in [0, 0.1) is 0 Å². The lowest BCUT2D eigenvalue weighted by Crippen LogP contribution is -2.07. The van der Waals surface area contributed by atoms with Crippen molar-refractivity contribution >= 4 is 23.5 Å². The standard InChI is InChI=1S/C5H4N2O4S/c1-11-5(10)3-2(4(8)9)6-7-12-3/h1H3,(H,8,9). The third-order valence-electron chi connectivity index (χ3n) is 1.06. The molecule has 0 aliphatic carbocycles. The van der Waals surface area contributed by atoms with Crippen LogP contribution in [0.15, 0.2) is 0 Å². The average Bonchev–Trinajstić information content (AvgIpc) is 2.50. The van der Waals surface area contributed by atoms with E-state index in [4.69, 9.17) is 5.11 Å². The first kappa shape index (κ1) is 8.60. The minimum absolute atomic E-state index is 0.0926. The number of ether oxygens (including phenoxy) is 1. The Balaban J connectivity index is 3.07. The molecular weight excluding hydrogens is 184 g/mol. The van der Waals surface area contributed by atoms with Gasteiger partial charge in [0.05, 0.1) is 7.11 Å². The van der Waals surface area contributed by atoms with Gasteiger partial charge in [-0.1, -0.05) is 4.49 Å². The molecule has 1 heterocycles. The Bertz CT molecular complexity index is 321. The van der Waals surface area contributed by atoms with Crippen molar-refractivity contribution in [3.05, 3.63) is 10.6 Å². The van der Waals surface area contributed by atoms with Gasteiger partial charge in [0.25, 0.3) is 0 Å². The highest BCUT2D eigenvalue weighted by atomic mass is 32.1. The van der Waals surface area contributed by atoms with E-state index in [0.717, 1.165) is 7.11 Å². The monoisotopic (exact) mass is 188 g/mol. The molecule has 0 radical (unpaired) electrons. The number of hydrogen-bond acceptors (Lipinski definition) is 6. The van der Waals surface area contributed by atoms with Crippen molar-refractivity contribution in [2.45, 2.75) is 0 Å². The van der Waals surface area contributed by atoms with E-state index in [9.17, 15) is 9.59 Å². The minimum atomic E-state index is -1.29. The summed E-state index contributed by atoms with van der Waals surface area (Å²) in [5.41, 5.74) is -0.369. The summed E-state index contributed by atoms with van der Waals surface area (Å²) < 4.78 is 7.64. The number of hydrogen-bond donors (Lipinski definition) is 1. The number of carbonyl (C=O) groups excluding carboxylic acids is 1. The van der Waals surface area contributed by atoms with Gasteiger partial charge >= 0.3 is 11.9 Å². The lowest BCUT2D eigenvalue weighted by atomic mass is 10.4. The van der Waals surface area contributed by atoms with Gasteiger partial charge in [0.2, 0.25) is 0 Å². The SMILES string of the molecule is COC(=O)c1snnc1C(=O)O. The first-order valence-electron chi connectivity index (χ1n) is 2.80. The fourth-order valence-corrected chi connectivity index (χ4v) is 1.13. The second-order valence-corrected chi connectivity index (χ2v) is 2.50. The van der Waals surface area contributed by atoms with Crippen LogP contribution in [-0.4, -0.2) is 33.7 Å².